The third-order valence-corrected chi connectivity index (χ3v) is 4.62. The van der Waals surface area contributed by atoms with Gasteiger partial charge in [0.15, 0.2) is 5.65 Å². The zero-order chi connectivity index (χ0) is 19.0. The second kappa shape index (κ2) is 6.89. The molecule has 2 aromatic heterocycles. The smallest absolute Gasteiger partial charge is 0.269 e. The van der Waals surface area contributed by atoms with Crippen molar-refractivity contribution >= 4 is 22.6 Å². The van der Waals surface area contributed by atoms with E-state index in [1.807, 2.05) is 43.3 Å². The Labute approximate surface area is 160 Å². The number of rotatable bonds is 4. The van der Waals surface area contributed by atoms with Crippen LogP contribution in [0.4, 0.5) is 0 Å². The molecule has 0 aliphatic carbocycles. The maximum Gasteiger partial charge on any atom is 0.269 e. The first-order valence-electron chi connectivity index (χ1n) is 8.52. The number of benzene rings is 2. The molecule has 7 heteroatoms. The van der Waals surface area contributed by atoms with Gasteiger partial charge in [-0.05, 0) is 36.4 Å². The van der Waals surface area contributed by atoms with Gasteiger partial charge >= 0.3 is 0 Å². The van der Waals surface area contributed by atoms with Crippen molar-refractivity contribution in [1.29, 1.82) is 0 Å². The van der Waals surface area contributed by atoms with Gasteiger partial charge < -0.3 is 4.74 Å². The molecule has 0 atom stereocenters. The van der Waals surface area contributed by atoms with Gasteiger partial charge in [-0.1, -0.05) is 24.6 Å². The zero-order valence-electron chi connectivity index (χ0n) is 14.9. The SMILES string of the molecule is CCc1nc2c(cnn2-c2ccc(Cl)cc2)c(=O)n1-c1cccc(OC)c1. The molecule has 0 spiro atoms. The van der Waals surface area contributed by atoms with Crippen LogP contribution in [-0.2, 0) is 6.42 Å². The standard InChI is InChI=1S/C20H17ClN4O2/c1-3-18-23-19-17(12-22-25(19)14-9-7-13(21)8-10-14)20(26)24(18)15-5-4-6-16(11-15)27-2/h4-12H,3H2,1-2H3. The summed E-state index contributed by atoms with van der Waals surface area (Å²) in [4.78, 5) is 17.9. The summed E-state index contributed by atoms with van der Waals surface area (Å²) in [6, 6.07) is 14.6. The Hall–Kier alpha value is -3.12. The van der Waals surface area contributed by atoms with Crippen molar-refractivity contribution in [3.05, 3.63) is 75.9 Å². The van der Waals surface area contributed by atoms with Crippen molar-refractivity contribution in [2.45, 2.75) is 13.3 Å². The maximum absolute atomic E-state index is 13.2. The fourth-order valence-electron chi connectivity index (χ4n) is 3.03. The number of aryl methyl sites for hydroxylation is 1. The highest BCUT2D eigenvalue weighted by molar-refractivity contribution is 6.30. The van der Waals surface area contributed by atoms with E-state index in [9.17, 15) is 4.79 Å². The number of methoxy groups -OCH3 is 1. The quantitative estimate of drug-likeness (QED) is 0.540. The van der Waals surface area contributed by atoms with Crippen LogP contribution in [0.5, 0.6) is 5.75 Å². The summed E-state index contributed by atoms with van der Waals surface area (Å²) in [7, 11) is 1.60. The zero-order valence-corrected chi connectivity index (χ0v) is 15.6. The Balaban J connectivity index is 1.96. The van der Waals surface area contributed by atoms with Gasteiger partial charge in [0.2, 0.25) is 0 Å². The van der Waals surface area contributed by atoms with Crippen LogP contribution >= 0.6 is 11.6 Å². The van der Waals surface area contributed by atoms with Crippen molar-refractivity contribution in [3.63, 3.8) is 0 Å². The van der Waals surface area contributed by atoms with Gasteiger partial charge in [-0.2, -0.15) is 5.10 Å². The van der Waals surface area contributed by atoms with E-state index in [4.69, 9.17) is 21.3 Å². The lowest BCUT2D eigenvalue weighted by atomic mass is 10.2. The largest absolute Gasteiger partial charge is 0.497 e. The van der Waals surface area contributed by atoms with E-state index in [1.54, 1.807) is 34.7 Å². The van der Waals surface area contributed by atoms with E-state index in [1.165, 1.54) is 0 Å². The van der Waals surface area contributed by atoms with Crippen LogP contribution in [0.2, 0.25) is 5.02 Å². The maximum atomic E-state index is 13.2. The van der Waals surface area contributed by atoms with Crippen LogP contribution < -0.4 is 10.3 Å². The molecular formula is C20H17ClN4O2. The summed E-state index contributed by atoms with van der Waals surface area (Å²) in [5.74, 6) is 1.33. The Bertz CT molecular complexity index is 1180. The lowest BCUT2D eigenvalue weighted by Crippen LogP contribution is -2.23. The lowest BCUT2D eigenvalue weighted by molar-refractivity contribution is 0.414. The van der Waals surface area contributed by atoms with E-state index in [-0.39, 0.29) is 5.56 Å². The molecule has 0 saturated carbocycles. The van der Waals surface area contributed by atoms with Crippen LogP contribution in [-0.4, -0.2) is 26.4 Å². The van der Waals surface area contributed by atoms with Crippen LogP contribution in [0, 0.1) is 0 Å². The highest BCUT2D eigenvalue weighted by atomic mass is 35.5. The molecule has 0 N–H and O–H groups in total. The van der Waals surface area contributed by atoms with Crippen molar-refractivity contribution in [2.75, 3.05) is 7.11 Å². The van der Waals surface area contributed by atoms with Crippen LogP contribution in [0.1, 0.15) is 12.7 Å². The Morgan fingerprint density at radius 3 is 2.59 bits per heavy atom. The first-order valence-corrected chi connectivity index (χ1v) is 8.90. The van der Waals surface area contributed by atoms with E-state index >= 15 is 0 Å². The number of aromatic nitrogens is 4. The fourth-order valence-corrected chi connectivity index (χ4v) is 3.16. The molecule has 136 valence electrons. The first kappa shape index (κ1) is 17.3. The third-order valence-electron chi connectivity index (χ3n) is 4.37. The molecule has 2 aromatic carbocycles. The second-order valence-electron chi connectivity index (χ2n) is 5.99. The summed E-state index contributed by atoms with van der Waals surface area (Å²) < 4.78 is 8.55. The van der Waals surface area contributed by atoms with Crippen LogP contribution in [0.15, 0.2) is 59.5 Å². The van der Waals surface area contributed by atoms with Gasteiger partial charge in [-0.3, -0.25) is 9.36 Å². The summed E-state index contributed by atoms with van der Waals surface area (Å²) in [6.45, 7) is 1.97. The molecule has 0 aliphatic rings. The number of fused-ring (bicyclic) bond motifs is 1. The van der Waals surface area contributed by atoms with Gasteiger partial charge in [0.25, 0.3) is 5.56 Å². The summed E-state index contributed by atoms with van der Waals surface area (Å²) in [5, 5.41) is 5.46. The predicted molar refractivity (Wildman–Crippen MR) is 105 cm³/mol. The number of halogens is 1. The van der Waals surface area contributed by atoms with E-state index in [0.717, 1.165) is 5.69 Å². The van der Waals surface area contributed by atoms with Crippen molar-refractivity contribution in [2.24, 2.45) is 0 Å². The molecule has 6 nitrogen and oxygen atoms in total. The normalized spacial score (nSPS) is 11.1. The van der Waals surface area contributed by atoms with Gasteiger partial charge in [0, 0.05) is 17.5 Å². The molecule has 0 unspecified atom stereocenters. The van der Waals surface area contributed by atoms with Crippen molar-refractivity contribution < 1.29 is 4.74 Å². The molecule has 2 heterocycles. The second-order valence-corrected chi connectivity index (χ2v) is 6.43. The average molecular weight is 381 g/mol. The Morgan fingerprint density at radius 2 is 1.89 bits per heavy atom. The van der Waals surface area contributed by atoms with Gasteiger partial charge in [0.05, 0.1) is 24.7 Å². The molecule has 0 bridgehead atoms. The molecule has 4 aromatic rings. The van der Waals surface area contributed by atoms with Gasteiger partial charge in [-0.25, -0.2) is 9.67 Å². The van der Waals surface area contributed by atoms with E-state index < -0.39 is 0 Å². The molecule has 0 radical (unpaired) electrons. The summed E-state index contributed by atoms with van der Waals surface area (Å²) in [6.07, 6.45) is 2.14. The molecule has 0 amide bonds. The van der Waals surface area contributed by atoms with Gasteiger partial charge in [-0.15, -0.1) is 0 Å². The minimum absolute atomic E-state index is 0.162. The van der Waals surface area contributed by atoms with E-state index in [0.29, 0.717) is 39.7 Å². The molecule has 0 fully saturated rings. The topological polar surface area (TPSA) is 61.9 Å². The first-order chi connectivity index (χ1) is 13.1. The lowest BCUT2D eigenvalue weighted by Gasteiger charge is -2.13. The average Bonchev–Trinajstić information content (AvgIpc) is 3.12. The third kappa shape index (κ3) is 2.98. The summed E-state index contributed by atoms with van der Waals surface area (Å²) >= 11 is 5.97. The number of hydrogen-bond donors (Lipinski definition) is 0. The predicted octanol–water partition coefficient (Wildman–Crippen LogP) is 3.80. The van der Waals surface area contributed by atoms with Crippen LogP contribution in [0.25, 0.3) is 22.4 Å². The Kier molecular flexibility index (Phi) is 4.41. The summed E-state index contributed by atoms with van der Waals surface area (Å²) in [5.41, 5.74) is 1.87. The molecular weight excluding hydrogens is 364 g/mol. The Morgan fingerprint density at radius 1 is 1.11 bits per heavy atom. The van der Waals surface area contributed by atoms with Gasteiger partial charge in [0.1, 0.15) is 17.0 Å². The highest BCUT2D eigenvalue weighted by Crippen LogP contribution is 2.20. The molecule has 4 rings (SSSR count). The van der Waals surface area contributed by atoms with Crippen molar-refractivity contribution in [1.82, 2.24) is 19.3 Å². The molecule has 0 aliphatic heterocycles. The van der Waals surface area contributed by atoms with Crippen LogP contribution in [0.3, 0.4) is 0 Å². The highest BCUT2D eigenvalue weighted by Gasteiger charge is 2.16. The molecule has 0 saturated heterocycles. The molecule has 27 heavy (non-hydrogen) atoms. The number of hydrogen-bond acceptors (Lipinski definition) is 4. The minimum Gasteiger partial charge on any atom is -0.497 e. The van der Waals surface area contributed by atoms with E-state index in [2.05, 4.69) is 5.10 Å². The number of nitrogens with zero attached hydrogens (tertiary/aromatic N) is 4. The fraction of sp³-hybridized carbons (Fsp3) is 0.150. The number of ether oxygens (including phenoxy) is 1. The monoisotopic (exact) mass is 380 g/mol. The van der Waals surface area contributed by atoms with Crippen molar-refractivity contribution in [3.8, 4) is 17.1 Å². The minimum atomic E-state index is -0.162.